The van der Waals surface area contributed by atoms with Gasteiger partial charge in [-0.2, -0.15) is 13.2 Å². The van der Waals surface area contributed by atoms with E-state index in [1.54, 1.807) is 17.0 Å². The van der Waals surface area contributed by atoms with Crippen LogP contribution in [0.4, 0.5) is 29.1 Å². The molecule has 11 heteroatoms. The molecule has 0 radical (unpaired) electrons. The van der Waals surface area contributed by atoms with Gasteiger partial charge in [0.25, 0.3) is 0 Å². The molecule has 1 amide bonds. The average Bonchev–Trinajstić information content (AvgIpc) is 3.13. The van der Waals surface area contributed by atoms with Crippen LogP contribution in [-0.4, -0.2) is 38.4 Å². The number of halogens is 4. The number of hydrogen-bond acceptors (Lipinski definition) is 5. The summed E-state index contributed by atoms with van der Waals surface area (Å²) in [5.74, 6) is 0.437. The quantitative estimate of drug-likeness (QED) is 0.575. The number of carbonyl (C=O) groups is 1. The van der Waals surface area contributed by atoms with Crippen molar-refractivity contribution in [2.75, 3.05) is 18.4 Å². The number of hydrogen-bond donors (Lipinski definition) is 2. The number of alkyl halides is 3. The van der Waals surface area contributed by atoms with Crippen molar-refractivity contribution in [3.8, 4) is 11.3 Å². The molecule has 0 aliphatic carbocycles. The molecule has 0 saturated heterocycles. The molecule has 1 aromatic carbocycles. The zero-order chi connectivity index (χ0) is 24.0. The van der Waals surface area contributed by atoms with Gasteiger partial charge in [-0.05, 0) is 50.2 Å². The molecule has 3 N–H and O–H groups in total. The van der Waals surface area contributed by atoms with Gasteiger partial charge in [0.15, 0.2) is 0 Å². The zero-order valence-electron chi connectivity index (χ0n) is 17.9. The first kappa shape index (κ1) is 22.7. The molecule has 3 aromatic rings. The minimum Gasteiger partial charge on any atom is -0.339 e. The van der Waals surface area contributed by atoms with Gasteiger partial charge < -0.3 is 20.5 Å². The van der Waals surface area contributed by atoms with E-state index >= 15 is 0 Å². The summed E-state index contributed by atoms with van der Waals surface area (Å²) in [5, 5.41) is 3.12. The molecule has 174 valence electrons. The van der Waals surface area contributed by atoms with Crippen molar-refractivity contribution in [1.82, 2.24) is 19.4 Å². The molecule has 2 aromatic heterocycles. The third-order valence-corrected chi connectivity index (χ3v) is 5.65. The maximum absolute atomic E-state index is 13.5. The van der Waals surface area contributed by atoms with Crippen molar-refractivity contribution in [3.05, 3.63) is 59.9 Å². The summed E-state index contributed by atoms with van der Waals surface area (Å²) in [6, 6.07) is 7.89. The van der Waals surface area contributed by atoms with E-state index in [1.807, 2.05) is 18.4 Å². The summed E-state index contributed by atoms with van der Waals surface area (Å²) >= 11 is 0. The van der Waals surface area contributed by atoms with Crippen molar-refractivity contribution >= 4 is 17.4 Å². The van der Waals surface area contributed by atoms with Crippen LogP contribution in [0.3, 0.4) is 0 Å². The number of nitrogens with zero attached hydrogens (tertiary/aromatic N) is 4. The Balaban J connectivity index is 1.81. The zero-order valence-corrected chi connectivity index (χ0v) is 17.9. The number of carbonyl (C=O) groups excluding carboxylic acids is 1. The first-order valence-electron chi connectivity index (χ1n) is 10.2. The smallest absolute Gasteiger partial charge is 0.339 e. The Morgan fingerprint density at radius 2 is 1.85 bits per heavy atom. The monoisotopic (exact) mass is 462 g/mol. The highest BCUT2D eigenvalue weighted by Gasteiger charge is 2.41. The molecule has 0 unspecified atom stereocenters. The number of nitrogens with one attached hydrogen (secondary N) is 1. The van der Waals surface area contributed by atoms with E-state index in [4.69, 9.17) is 10.7 Å². The standard InChI is InChI=1S/C22H22F4N6O/c1-21(2)20-30-18(13-3-5-14(23)6-4-13)19(31(20)9-10-32(21)17(33)11-27)29-15-7-8-16(28-12-15)22(24,25)26/h3-8,12,29H,9-11,27H2,1-2H3. The largest absolute Gasteiger partial charge is 0.433 e. The van der Waals surface area contributed by atoms with Crippen LogP contribution in [0, 0.1) is 5.82 Å². The van der Waals surface area contributed by atoms with Crippen LogP contribution in [0.1, 0.15) is 25.4 Å². The number of pyridine rings is 1. The van der Waals surface area contributed by atoms with Gasteiger partial charge in [0, 0.05) is 18.7 Å². The number of rotatable bonds is 4. The van der Waals surface area contributed by atoms with Crippen LogP contribution in [0.25, 0.3) is 11.3 Å². The lowest BCUT2D eigenvalue weighted by Crippen LogP contribution is -2.53. The van der Waals surface area contributed by atoms with Crippen LogP contribution >= 0.6 is 0 Å². The van der Waals surface area contributed by atoms with Gasteiger partial charge >= 0.3 is 6.18 Å². The summed E-state index contributed by atoms with van der Waals surface area (Å²) in [6.45, 7) is 4.30. The fourth-order valence-corrected chi connectivity index (χ4v) is 3.99. The average molecular weight is 462 g/mol. The van der Waals surface area contributed by atoms with Gasteiger partial charge in [0.2, 0.25) is 5.91 Å². The SMILES string of the molecule is CC1(C)c2nc(-c3ccc(F)cc3)c(Nc3ccc(C(F)(F)F)nc3)n2CCN1C(=O)CN. The topological polar surface area (TPSA) is 89.1 Å². The Hall–Kier alpha value is -3.47. The van der Waals surface area contributed by atoms with Gasteiger partial charge in [-0.15, -0.1) is 0 Å². The fourth-order valence-electron chi connectivity index (χ4n) is 3.99. The van der Waals surface area contributed by atoms with Crippen LogP contribution in [0.5, 0.6) is 0 Å². The summed E-state index contributed by atoms with van der Waals surface area (Å²) in [5.41, 5.74) is 5.17. The Morgan fingerprint density at radius 1 is 1.15 bits per heavy atom. The van der Waals surface area contributed by atoms with Gasteiger partial charge in [-0.25, -0.2) is 14.4 Å². The van der Waals surface area contributed by atoms with E-state index in [2.05, 4.69) is 10.3 Å². The molecule has 0 atom stereocenters. The third-order valence-electron chi connectivity index (χ3n) is 5.65. The number of aromatic nitrogens is 3. The van der Waals surface area contributed by atoms with Gasteiger partial charge in [-0.1, -0.05) is 0 Å². The van der Waals surface area contributed by atoms with Crippen LogP contribution < -0.4 is 11.1 Å². The van der Waals surface area contributed by atoms with Crippen molar-refractivity contribution < 1.29 is 22.4 Å². The van der Waals surface area contributed by atoms with E-state index in [-0.39, 0.29) is 12.5 Å². The molecule has 33 heavy (non-hydrogen) atoms. The second-order valence-corrected chi connectivity index (χ2v) is 8.15. The van der Waals surface area contributed by atoms with Crippen LogP contribution in [0.15, 0.2) is 42.6 Å². The molecule has 4 rings (SSSR count). The van der Waals surface area contributed by atoms with Gasteiger partial charge in [-0.3, -0.25) is 4.79 Å². The van der Waals surface area contributed by atoms with Crippen molar-refractivity contribution in [2.24, 2.45) is 5.73 Å². The lowest BCUT2D eigenvalue weighted by Gasteiger charge is -2.42. The lowest BCUT2D eigenvalue weighted by molar-refractivity contribution is -0.141. The summed E-state index contributed by atoms with van der Waals surface area (Å²) < 4.78 is 54.1. The third kappa shape index (κ3) is 4.15. The van der Waals surface area contributed by atoms with E-state index in [9.17, 15) is 22.4 Å². The van der Waals surface area contributed by atoms with Crippen molar-refractivity contribution in [3.63, 3.8) is 0 Å². The highest BCUT2D eigenvalue weighted by atomic mass is 19.4. The highest BCUT2D eigenvalue weighted by Crippen LogP contribution is 2.39. The maximum atomic E-state index is 13.5. The van der Waals surface area contributed by atoms with Crippen molar-refractivity contribution in [1.29, 1.82) is 0 Å². The van der Waals surface area contributed by atoms with E-state index in [0.29, 0.717) is 41.7 Å². The van der Waals surface area contributed by atoms with E-state index in [0.717, 1.165) is 12.3 Å². The maximum Gasteiger partial charge on any atom is 0.433 e. The number of imidazole rings is 1. The first-order chi connectivity index (χ1) is 15.5. The molecular formula is C22H22F4N6O. The predicted molar refractivity (Wildman–Crippen MR) is 114 cm³/mol. The molecule has 1 aliphatic heterocycles. The Morgan fingerprint density at radius 3 is 2.42 bits per heavy atom. The Labute approximate surface area is 187 Å². The lowest BCUT2D eigenvalue weighted by atomic mass is 9.99. The number of anilines is 2. The summed E-state index contributed by atoms with van der Waals surface area (Å²) in [4.78, 5) is 22.3. The predicted octanol–water partition coefficient (Wildman–Crippen LogP) is 3.88. The Kier molecular flexibility index (Phi) is 5.61. The molecule has 0 bridgehead atoms. The normalized spacial score (nSPS) is 15.3. The molecule has 0 fully saturated rings. The summed E-state index contributed by atoms with van der Waals surface area (Å²) in [6.07, 6.45) is -3.45. The minimum atomic E-state index is -4.55. The first-order valence-corrected chi connectivity index (χ1v) is 10.2. The fraction of sp³-hybridized carbons (Fsp3) is 0.318. The number of benzene rings is 1. The second kappa shape index (κ2) is 8.14. The van der Waals surface area contributed by atoms with Crippen LogP contribution in [-0.2, 0) is 23.1 Å². The van der Waals surface area contributed by atoms with E-state index in [1.165, 1.54) is 18.2 Å². The summed E-state index contributed by atoms with van der Waals surface area (Å²) in [7, 11) is 0. The van der Waals surface area contributed by atoms with Gasteiger partial charge in [0.1, 0.15) is 28.8 Å². The second-order valence-electron chi connectivity index (χ2n) is 8.15. The molecule has 7 nitrogen and oxygen atoms in total. The molecular weight excluding hydrogens is 440 g/mol. The number of amides is 1. The molecule has 0 spiro atoms. The minimum absolute atomic E-state index is 0.142. The van der Waals surface area contributed by atoms with Crippen LogP contribution in [0.2, 0.25) is 0 Å². The van der Waals surface area contributed by atoms with Gasteiger partial charge in [0.05, 0.1) is 24.0 Å². The number of nitrogens with two attached hydrogens (primary N) is 1. The molecule has 3 heterocycles. The van der Waals surface area contributed by atoms with Crippen molar-refractivity contribution in [2.45, 2.75) is 32.1 Å². The van der Waals surface area contributed by atoms with E-state index < -0.39 is 23.2 Å². The molecule has 0 saturated carbocycles. The number of fused-ring (bicyclic) bond motifs is 1. The highest BCUT2D eigenvalue weighted by molar-refractivity contribution is 5.80. The Bertz CT molecular complexity index is 1170. The molecule has 1 aliphatic rings.